The molecule has 2 nitrogen and oxygen atoms in total. The second kappa shape index (κ2) is 4.83. The minimum Gasteiger partial charge on any atom is -0.353 e. The van der Waals surface area contributed by atoms with E-state index in [4.69, 9.17) is 11.6 Å². The van der Waals surface area contributed by atoms with Gasteiger partial charge in [-0.1, -0.05) is 41.9 Å². The van der Waals surface area contributed by atoms with Crippen LogP contribution >= 0.6 is 11.6 Å². The fourth-order valence-corrected chi connectivity index (χ4v) is 2.19. The summed E-state index contributed by atoms with van der Waals surface area (Å²) in [5.41, 5.74) is 1.24. The molecule has 0 saturated heterocycles. The van der Waals surface area contributed by atoms with Crippen molar-refractivity contribution in [3.63, 3.8) is 0 Å². The van der Waals surface area contributed by atoms with Crippen LogP contribution < -0.4 is 10.6 Å². The molecule has 0 spiro atoms. The minimum absolute atomic E-state index is 0.708. The Morgan fingerprint density at radius 2 is 1.83 bits per heavy atom. The van der Waals surface area contributed by atoms with E-state index in [1.807, 2.05) is 30.3 Å². The van der Waals surface area contributed by atoms with Crippen molar-refractivity contribution in [2.75, 3.05) is 6.67 Å². The summed E-state index contributed by atoms with van der Waals surface area (Å²) in [5.74, 6) is 0. The average Bonchev–Trinajstić information content (AvgIpc) is 2.41. The average molecular weight is 257 g/mol. The van der Waals surface area contributed by atoms with Gasteiger partial charge in [0.2, 0.25) is 0 Å². The second-order valence-electron chi connectivity index (χ2n) is 4.36. The highest BCUT2D eigenvalue weighted by atomic mass is 35.5. The molecule has 0 saturated carbocycles. The molecule has 2 aromatic carbocycles. The summed E-state index contributed by atoms with van der Waals surface area (Å²) >= 11 is 5.88. The first-order valence-electron chi connectivity index (χ1n) is 5.91. The maximum Gasteiger partial charge on any atom is 0.110 e. The lowest BCUT2D eigenvalue weighted by atomic mass is 10.2. The van der Waals surface area contributed by atoms with Gasteiger partial charge in [-0.05, 0) is 23.8 Å². The van der Waals surface area contributed by atoms with E-state index in [9.17, 15) is 0 Å². The van der Waals surface area contributed by atoms with Gasteiger partial charge in [0.1, 0.15) is 6.67 Å². The molecular formula is C15H13ClN2. The summed E-state index contributed by atoms with van der Waals surface area (Å²) in [5, 5.41) is 3.03. The van der Waals surface area contributed by atoms with Crippen LogP contribution in [0.2, 0.25) is 5.02 Å². The summed E-state index contributed by atoms with van der Waals surface area (Å²) in [7, 11) is 0. The van der Waals surface area contributed by atoms with E-state index in [0.717, 1.165) is 16.9 Å². The van der Waals surface area contributed by atoms with Crippen LogP contribution in [0.3, 0.4) is 0 Å². The fourth-order valence-electron chi connectivity index (χ4n) is 2.07. The van der Waals surface area contributed by atoms with Crippen molar-refractivity contribution < 1.29 is 0 Å². The van der Waals surface area contributed by atoms with Crippen molar-refractivity contribution in [2.24, 2.45) is 4.99 Å². The molecule has 18 heavy (non-hydrogen) atoms. The first kappa shape index (κ1) is 11.3. The zero-order valence-corrected chi connectivity index (χ0v) is 10.6. The molecule has 0 aromatic heterocycles. The van der Waals surface area contributed by atoms with Crippen molar-refractivity contribution in [3.8, 4) is 0 Å². The molecule has 0 bridgehead atoms. The van der Waals surface area contributed by atoms with Crippen LogP contribution in [0.5, 0.6) is 0 Å². The van der Waals surface area contributed by atoms with E-state index in [0.29, 0.717) is 6.67 Å². The van der Waals surface area contributed by atoms with Gasteiger partial charge in [-0.15, -0.1) is 0 Å². The summed E-state index contributed by atoms with van der Waals surface area (Å²) < 4.78 is 0. The largest absolute Gasteiger partial charge is 0.353 e. The van der Waals surface area contributed by atoms with Crippen LogP contribution in [0.1, 0.15) is 5.56 Å². The SMILES string of the molecule is Clc1ccc(CN2C=c3ccccc3=NC2)cc1. The van der Waals surface area contributed by atoms with Gasteiger partial charge in [0.05, 0.1) is 5.36 Å². The summed E-state index contributed by atoms with van der Waals surface area (Å²) in [4.78, 5) is 6.76. The van der Waals surface area contributed by atoms with Gasteiger partial charge in [0.25, 0.3) is 0 Å². The maximum atomic E-state index is 5.88. The number of nitrogens with zero attached hydrogens (tertiary/aromatic N) is 2. The van der Waals surface area contributed by atoms with Gasteiger partial charge < -0.3 is 4.90 Å². The van der Waals surface area contributed by atoms with E-state index in [-0.39, 0.29) is 0 Å². The maximum absolute atomic E-state index is 5.88. The standard InChI is InChI=1S/C15H13ClN2/c16-14-7-5-12(6-8-14)9-18-10-13-3-1-2-4-15(13)17-11-18/h1-8,10H,9,11H2. The molecule has 90 valence electrons. The molecule has 0 radical (unpaired) electrons. The zero-order chi connectivity index (χ0) is 12.4. The van der Waals surface area contributed by atoms with E-state index in [1.54, 1.807) is 0 Å². The lowest BCUT2D eigenvalue weighted by Crippen LogP contribution is -2.35. The van der Waals surface area contributed by atoms with Crippen molar-refractivity contribution in [2.45, 2.75) is 6.54 Å². The molecule has 3 heteroatoms. The first-order valence-corrected chi connectivity index (χ1v) is 6.29. The zero-order valence-electron chi connectivity index (χ0n) is 9.88. The molecule has 0 atom stereocenters. The Morgan fingerprint density at radius 1 is 1.06 bits per heavy atom. The molecule has 1 aliphatic heterocycles. The Balaban J connectivity index is 1.84. The Hall–Kier alpha value is -1.80. The van der Waals surface area contributed by atoms with Gasteiger partial charge in [0, 0.05) is 23.0 Å². The number of hydrogen-bond acceptors (Lipinski definition) is 2. The number of halogens is 1. The van der Waals surface area contributed by atoms with Crippen LogP contribution in [-0.4, -0.2) is 11.6 Å². The summed E-state index contributed by atoms with van der Waals surface area (Å²) in [6, 6.07) is 16.1. The molecule has 0 amide bonds. The molecule has 0 aliphatic carbocycles. The molecule has 2 aromatic rings. The lowest BCUT2D eigenvalue weighted by molar-refractivity contribution is 0.407. The van der Waals surface area contributed by atoms with Crippen molar-refractivity contribution in [3.05, 3.63) is 69.7 Å². The van der Waals surface area contributed by atoms with Crippen LogP contribution in [-0.2, 0) is 6.54 Å². The van der Waals surface area contributed by atoms with Gasteiger partial charge in [-0.3, -0.25) is 4.99 Å². The highest BCUT2D eigenvalue weighted by Crippen LogP contribution is 2.11. The number of hydrogen-bond donors (Lipinski definition) is 0. The first-order chi connectivity index (χ1) is 8.81. The molecular weight excluding hydrogens is 244 g/mol. The molecule has 3 rings (SSSR count). The fraction of sp³-hybridized carbons (Fsp3) is 0.133. The number of benzene rings is 2. The Bertz CT molecular complexity index is 662. The monoisotopic (exact) mass is 256 g/mol. The molecule has 0 fully saturated rings. The molecule has 0 unspecified atom stereocenters. The minimum atomic E-state index is 0.708. The Kier molecular flexibility index (Phi) is 3.03. The molecule has 1 aliphatic rings. The Morgan fingerprint density at radius 3 is 2.67 bits per heavy atom. The number of fused-ring (bicyclic) bond motifs is 1. The van der Waals surface area contributed by atoms with Crippen LogP contribution in [0.25, 0.3) is 6.20 Å². The second-order valence-corrected chi connectivity index (χ2v) is 4.80. The van der Waals surface area contributed by atoms with Crippen LogP contribution in [0, 0.1) is 0 Å². The number of rotatable bonds is 2. The highest BCUT2D eigenvalue weighted by molar-refractivity contribution is 6.30. The molecule has 1 heterocycles. The number of para-hydroxylation sites is 1. The summed E-state index contributed by atoms with van der Waals surface area (Å²) in [6.45, 7) is 1.56. The topological polar surface area (TPSA) is 15.6 Å². The summed E-state index contributed by atoms with van der Waals surface area (Å²) in [6.07, 6.45) is 2.16. The molecule has 0 N–H and O–H groups in total. The van der Waals surface area contributed by atoms with Crippen LogP contribution in [0.4, 0.5) is 0 Å². The van der Waals surface area contributed by atoms with Gasteiger partial charge in [-0.2, -0.15) is 0 Å². The van der Waals surface area contributed by atoms with Gasteiger partial charge in [-0.25, -0.2) is 0 Å². The third kappa shape index (κ3) is 2.39. The highest BCUT2D eigenvalue weighted by Gasteiger charge is 2.04. The van der Waals surface area contributed by atoms with Crippen molar-refractivity contribution in [1.82, 2.24) is 4.90 Å². The van der Waals surface area contributed by atoms with E-state index in [2.05, 4.69) is 34.3 Å². The third-order valence-electron chi connectivity index (χ3n) is 2.98. The Labute approximate surface area is 111 Å². The van der Waals surface area contributed by atoms with E-state index in [1.165, 1.54) is 10.8 Å². The third-order valence-corrected chi connectivity index (χ3v) is 3.23. The van der Waals surface area contributed by atoms with E-state index < -0.39 is 0 Å². The smallest absolute Gasteiger partial charge is 0.110 e. The van der Waals surface area contributed by atoms with Crippen molar-refractivity contribution in [1.29, 1.82) is 0 Å². The quantitative estimate of drug-likeness (QED) is 0.804. The van der Waals surface area contributed by atoms with Gasteiger partial charge in [0.15, 0.2) is 0 Å². The van der Waals surface area contributed by atoms with E-state index >= 15 is 0 Å². The lowest BCUT2D eigenvalue weighted by Gasteiger charge is -2.20. The van der Waals surface area contributed by atoms with Crippen LogP contribution in [0.15, 0.2) is 53.5 Å². The predicted molar refractivity (Wildman–Crippen MR) is 73.6 cm³/mol. The van der Waals surface area contributed by atoms with Crippen molar-refractivity contribution >= 4 is 17.8 Å². The normalized spacial score (nSPS) is 13.5. The van der Waals surface area contributed by atoms with Gasteiger partial charge >= 0.3 is 0 Å². The predicted octanol–water partition coefficient (Wildman–Crippen LogP) is 2.17.